The lowest BCUT2D eigenvalue weighted by Crippen LogP contribution is -2.38. The van der Waals surface area contributed by atoms with E-state index in [1.54, 1.807) is 7.05 Å². The van der Waals surface area contributed by atoms with Gasteiger partial charge in [-0.05, 0) is 30.2 Å². The minimum atomic E-state index is 0. The number of nitrogens with zero attached hydrogens (tertiary/aromatic N) is 4. The quantitative estimate of drug-likeness (QED) is 0.353. The Hall–Kier alpha value is -2.16. The summed E-state index contributed by atoms with van der Waals surface area (Å²) in [6.07, 6.45) is 0. The smallest absolute Gasteiger partial charge is 0.191 e. The van der Waals surface area contributed by atoms with E-state index in [2.05, 4.69) is 75.2 Å². The highest BCUT2D eigenvalue weighted by Gasteiger charge is 2.12. The van der Waals surface area contributed by atoms with Gasteiger partial charge in [-0.15, -0.1) is 34.2 Å². The maximum atomic E-state index is 4.32. The molecule has 1 unspecified atom stereocenters. The van der Waals surface area contributed by atoms with Crippen LogP contribution >= 0.6 is 24.0 Å². The average Bonchev–Trinajstić information content (AvgIpc) is 2.96. The number of hydrogen-bond donors (Lipinski definition) is 2. The Morgan fingerprint density at radius 1 is 1.15 bits per heavy atom. The highest BCUT2D eigenvalue weighted by molar-refractivity contribution is 14.0. The monoisotopic (exact) mass is 464 g/mol. The van der Waals surface area contributed by atoms with Gasteiger partial charge in [-0.1, -0.05) is 42.5 Å². The molecular formula is C19H25IN6. The molecule has 3 aromatic rings. The van der Waals surface area contributed by atoms with Crippen molar-refractivity contribution in [2.75, 3.05) is 7.05 Å². The number of guanidine groups is 1. The number of aromatic nitrogens is 3. The van der Waals surface area contributed by atoms with Gasteiger partial charge in [0.25, 0.3) is 0 Å². The van der Waals surface area contributed by atoms with Crippen molar-refractivity contribution in [3.05, 3.63) is 59.7 Å². The summed E-state index contributed by atoms with van der Waals surface area (Å²) >= 11 is 0. The summed E-state index contributed by atoms with van der Waals surface area (Å²) in [4.78, 5) is 4.32. The molecule has 7 heteroatoms. The molecule has 26 heavy (non-hydrogen) atoms. The summed E-state index contributed by atoms with van der Waals surface area (Å²) in [5.74, 6) is 2.50. The Kier molecular flexibility index (Phi) is 6.96. The molecule has 1 atom stereocenters. The van der Waals surface area contributed by atoms with Crippen molar-refractivity contribution in [2.45, 2.75) is 26.4 Å². The summed E-state index contributed by atoms with van der Waals surface area (Å²) < 4.78 is 1.97. The molecule has 0 radical (unpaired) electrons. The van der Waals surface area contributed by atoms with Crippen molar-refractivity contribution in [1.29, 1.82) is 0 Å². The molecule has 138 valence electrons. The van der Waals surface area contributed by atoms with E-state index >= 15 is 0 Å². The number of rotatable bonds is 4. The zero-order valence-electron chi connectivity index (χ0n) is 15.5. The molecule has 0 aliphatic heterocycles. The Balaban J connectivity index is 0.00000243. The fraction of sp³-hybridized carbons (Fsp3) is 0.316. The summed E-state index contributed by atoms with van der Waals surface area (Å²) in [5.41, 5.74) is 1.25. The van der Waals surface area contributed by atoms with Crippen LogP contribution < -0.4 is 10.6 Å². The Morgan fingerprint density at radius 2 is 1.88 bits per heavy atom. The zero-order chi connectivity index (χ0) is 17.8. The Morgan fingerprint density at radius 3 is 2.58 bits per heavy atom. The molecule has 3 rings (SSSR count). The maximum absolute atomic E-state index is 4.32. The van der Waals surface area contributed by atoms with E-state index in [1.165, 1.54) is 16.3 Å². The Labute approximate surface area is 171 Å². The van der Waals surface area contributed by atoms with Crippen LogP contribution in [0.4, 0.5) is 0 Å². The van der Waals surface area contributed by atoms with E-state index < -0.39 is 0 Å². The second kappa shape index (κ2) is 8.98. The number of hydrogen-bond acceptors (Lipinski definition) is 3. The predicted octanol–water partition coefficient (Wildman–Crippen LogP) is 3.32. The van der Waals surface area contributed by atoms with Gasteiger partial charge in [-0.25, -0.2) is 0 Å². The van der Waals surface area contributed by atoms with E-state index in [-0.39, 0.29) is 30.0 Å². The normalized spacial score (nSPS) is 12.5. The fourth-order valence-electron chi connectivity index (χ4n) is 2.87. The fourth-order valence-corrected chi connectivity index (χ4v) is 2.87. The molecule has 0 fully saturated rings. The largest absolute Gasteiger partial charge is 0.350 e. The van der Waals surface area contributed by atoms with Crippen LogP contribution in [0.3, 0.4) is 0 Å². The molecule has 6 nitrogen and oxygen atoms in total. The molecule has 0 spiro atoms. The van der Waals surface area contributed by atoms with Crippen LogP contribution in [0.2, 0.25) is 0 Å². The first-order valence-corrected chi connectivity index (χ1v) is 8.40. The van der Waals surface area contributed by atoms with Crippen LogP contribution in [0, 0.1) is 6.92 Å². The summed E-state index contributed by atoms with van der Waals surface area (Å²) in [5, 5.41) is 17.5. The Bertz CT molecular complexity index is 897. The van der Waals surface area contributed by atoms with Gasteiger partial charge in [-0.2, -0.15) is 0 Å². The molecule has 0 saturated carbocycles. The highest BCUT2D eigenvalue weighted by atomic mass is 127. The summed E-state index contributed by atoms with van der Waals surface area (Å²) in [6.45, 7) is 4.65. The molecule has 2 N–H and O–H groups in total. The summed E-state index contributed by atoms with van der Waals surface area (Å²) in [7, 11) is 3.73. The van der Waals surface area contributed by atoms with Crippen molar-refractivity contribution < 1.29 is 0 Å². The van der Waals surface area contributed by atoms with Gasteiger partial charge in [0.2, 0.25) is 0 Å². The third kappa shape index (κ3) is 4.32. The van der Waals surface area contributed by atoms with Crippen molar-refractivity contribution >= 4 is 40.7 Å². The zero-order valence-corrected chi connectivity index (χ0v) is 17.9. The van der Waals surface area contributed by atoms with Crippen molar-refractivity contribution in [1.82, 2.24) is 25.4 Å². The third-order valence-electron chi connectivity index (χ3n) is 4.46. The first-order valence-electron chi connectivity index (χ1n) is 8.40. The molecule has 2 aromatic carbocycles. The summed E-state index contributed by atoms with van der Waals surface area (Å²) in [6, 6.07) is 14.9. The first-order chi connectivity index (χ1) is 12.1. The lowest BCUT2D eigenvalue weighted by Gasteiger charge is -2.19. The van der Waals surface area contributed by atoms with Gasteiger partial charge in [0, 0.05) is 14.1 Å². The van der Waals surface area contributed by atoms with E-state index in [0.717, 1.165) is 17.6 Å². The number of nitrogens with one attached hydrogen (secondary N) is 2. The molecule has 0 saturated heterocycles. The first kappa shape index (κ1) is 20.2. The second-order valence-electron chi connectivity index (χ2n) is 6.08. The SMILES string of the molecule is CN=C(NCc1nnc(C)n1C)NC(C)c1cccc2ccccc12.I. The molecule has 0 aliphatic rings. The van der Waals surface area contributed by atoms with Gasteiger partial charge >= 0.3 is 0 Å². The van der Waals surface area contributed by atoms with Crippen LogP contribution in [-0.4, -0.2) is 27.8 Å². The van der Waals surface area contributed by atoms with Crippen LogP contribution in [0.5, 0.6) is 0 Å². The van der Waals surface area contributed by atoms with Crippen LogP contribution in [0.25, 0.3) is 10.8 Å². The molecular weight excluding hydrogens is 439 g/mol. The number of benzene rings is 2. The third-order valence-corrected chi connectivity index (χ3v) is 4.46. The minimum absolute atomic E-state index is 0. The minimum Gasteiger partial charge on any atom is -0.350 e. The van der Waals surface area contributed by atoms with E-state index in [4.69, 9.17) is 0 Å². The second-order valence-corrected chi connectivity index (χ2v) is 6.08. The van der Waals surface area contributed by atoms with Crippen molar-refractivity contribution in [3.8, 4) is 0 Å². The lowest BCUT2D eigenvalue weighted by atomic mass is 10.00. The topological polar surface area (TPSA) is 67.1 Å². The highest BCUT2D eigenvalue weighted by Crippen LogP contribution is 2.23. The molecule has 0 bridgehead atoms. The van der Waals surface area contributed by atoms with Gasteiger partial charge in [0.05, 0.1) is 12.6 Å². The van der Waals surface area contributed by atoms with Gasteiger partial charge in [-0.3, -0.25) is 4.99 Å². The van der Waals surface area contributed by atoms with E-state index in [1.807, 2.05) is 18.5 Å². The van der Waals surface area contributed by atoms with Crippen molar-refractivity contribution in [3.63, 3.8) is 0 Å². The number of fused-ring (bicyclic) bond motifs is 1. The lowest BCUT2D eigenvalue weighted by molar-refractivity contribution is 0.671. The van der Waals surface area contributed by atoms with Crippen molar-refractivity contribution in [2.24, 2.45) is 12.0 Å². The average molecular weight is 464 g/mol. The van der Waals surface area contributed by atoms with Gasteiger partial charge in [0.1, 0.15) is 5.82 Å². The van der Waals surface area contributed by atoms with Crippen LogP contribution in [0.1, 0.15) is 30.2 Å². The molecule has 0 amide bonds. The number of aryl methyl sites for hydroxylation is 1. The van der Waals surface area contributed by atoms with Gasteiger partial charge < -0.3 is 15.2 Å². The number of aliphatic imine (C=N–C) groups is 1. The molecule has 1 aromatic heterocycles. The standard InChI is InChI=1S/C19H24N6.HI/c1-13(16-11-7-9-15-8-5-6-10-17(15)16)22-19(20-3)21-12-18-24-23-14(2)25(18)4;/h5-11,13H,12H2,1-4H3,(H2,20,21,22);1H. The van der Waals surface area contributed by atoms with E-state index in [9.17, 15) is 0 Å². The predicted molar refractivity (Wildman–Crippen MR) is 117 cm³/mol. The number of halogens is 1. The maximum Gasteiger partial charge on any atom is 0.191 e. The van der Waals surface area contributed by atoms with Crippen LogP contribution in [-0.2, 0) is 13.6 Å². The molecule has 0 aliphatic carbocycles. The van der Waals surface area contributed by atoms with Crippen LogP contribution in [0.15, 0.2) is 47.5 Å². The van der Waals surface area contributed by atoms with E-state index in [0.29, 0.717) is 6.54 Å². The molecule has 1 heterocycles. The van der Waals surface area contributed by atoms with Gasteiger partial charge in [0.15, 0.2) is 11.8 Å².